The average Bonchev–Trinajstić information content (AvgIpc) is 2.36. The van der Waals surface area contributed by atoms with Crippen molar-refractivity contribution in [2.24, 2.45) is 0 Å². The van der Waals surface area contributed by atoms with Crippen molar-refractivity contribution in [3.8, 4) is 0 Å². The molecule has 20 heavy (non-hydrogen) atoms. The Kier molecular flexibility index (Phi) is 3.89. The van der Waals surface area contributed by atoms with Gasteiger partial charge in [0.25, 0.3) is 5.91 Å². The SMILES string of the molecule is Cc1cc(C)c(NC(=O)c2ccc(C)c(F)c2)c(C)c1. The van der Waals surface area contributed by atoms with Crippen molar-refractivity contribution in [3.05, 3.63) is 64.0 Å². The molecule has 0 saturated carbocycles. The number of halogens is 1. The zero-order valence-corrected chi connectivity index (χ0v) is 12.2. The predicted molar refractivity (Wildman–Crippen MR) is 79.7 cm³/mol. The van der Waals surface area contributed by atoms with Gasteiger partial charge in [0.1, 0.15) is 5.82 Å². The Hall–Kier alpha value is -2.16. The van der Waals surface area contributed by atoms with Crippen molar-refractivity contribution in [1.82, 2.24) is 0 Å². The van der Waals surface area contributed by atoms with Crippen LogP contribution in [0, 0.1) is 33.5 Å². The molecule has 0 aliphatic heterocycles. The summed E-state index contributed by atoms with van der Waals surface area (Å²) in [5.74, 6) is -0.658. The minimum atomic E-state index is -0.366. The second-order valence-corrected chi connectivity index (χ2v) is 5.19. The van der Waals surface area contributed by atoms with Crippen LogP contribution in [0.15, 0.2) is 30.3 Å². The maximum absolute atomic E-state index is 13.5. The van der Waals surface area contributed by atoms with Crippen LogP contribution in [-0.2, 0) is 0 Å². The largest absolute Gasteiger partial charge is 0.322 e. The molecule has 2 aromatic rings. The summed E-state index contributed by atoms with van der Waals surface area (Å²) >= 11 is 0. The molecule has 0 aliphatic carbocycles. The number of nitrogens with one attached hydrogen (secondary N) is 1. The van der Waals surface area contributed by atoms with E-state index in [9.17, 15) is 9.18 Å². The van der Waals surface area contributed by atoms with Gasteiger partial charge in [-0.15, -0.1) is 0 Å². The van der Waals surface area contributed by atoms with Crippen LogP contribution in [0.3, 0.4) is 0 Å². The number of amides is 1. The fourth-order valence-corrected chi connectivity index (χ4v) is 2.30. The minimum absolute atomic E-state index is 0.293. The average molecular weight is 271 g/mol. The van der Waals surface area contributed by atoms with Gasteiger partial charge in [0.15, 0.2) is 0 Å². The molecule has 0 atom stereocenters. The maximum atomic E-state index is 13.5. The van der Waals surface area contributed by atoms with Crippen LogP contribution in [0.2, 0.25) is 0 Å². The van der Waals surface area contributed by atoms with E-state index in [4.69, 9.17) is 0 Å². The number of aryl methyl sites for hydroxylation is 4. The molecule has 104 valence electrons. The lowest BCUT2D eigenvalue weighted by Gasteiger charge is -2.13. The van der Waals surface area contributed by atoms with Gasteiger partial charge in [-0.2, -0.15) is 0 Å². The summed E-state index contributed by atoms with van der Waals surface area (Å²) in [5, 5.41) is 2.86. The van der Waals surface area contributed by atoms with Crippen LogP contribution in [-0.4, -0.2) is 5.91 Å². The molecule has 2 nitrogen and oxygen atoms in total. The van der Waals surface area contributed by atoms with E-state index in [1.165, 1.54) is 6.07 Å². The van der Waals surface area contributed by atoms with Gasteiger partial charge < -0.3 is 5.32 Å². The van der Waals surface area contributed by atoms with Crippen LogP contribution in [0.4, 0.5) is 10.1 Å². The summed E-state index contributed by atoms with van der Waals surface area (Å²) in [6.45, 7) is 7.59. The van der Waals surface area contributed by atoms with Gasteiger partial charge in [-0.1, -0.05) is 23.8 Å². The molecular formula is C17H18FNO. The number of rotatable bonds is 2. The van der Waals surface area contributed by atoms with E-state index in [2.05, 4.69) is 5.32 Å². The van der Waals surface area contributed by atoms with Gasteiger partial charge in [0, 0.05) is 11.3 Å². The van der Waals surface area contributed by atoms with Crippen molar-refractivity contribution in [2.75, 3.05) is 5.32 Å². The Morgan fingerprint density at radius 3 is 2.10 bits per heavy atom. The predicted octanol–water partition coefficient (Wildman–Crippen LogP) is 4.31. The molecule has 0 aliphatic rings. The first-order valence-corrected chi connectivity index (χ1v) is 6.54. The van der Waals surface area contributed by atoms with Gasteiger partial charge in [-0.25, -0.2) is 4.39 Å². The van der Waals surface area contributed by atoms with Crippen LogP contribution < -0.4 is 5.32 Å². The van der Waals surface area contributed by atoms with Gasteiger partial charge in [0.05, 0.1) is 0 Å². The third-order valence-corrected chi connectivity index (χ3v) is 3.35. The highest BCUT2D eigenvalue weighted by Gasteiger charge is 2.11. The fourth-order valence-electron chi connectivity index (χ4n) is 2.30. The molecule has 2 aromatic carbocycles. The lowest BCUT2D eigenvalue weighted by molar-refractivity contribution is 0.102. The molecular weight excluding hydrogens is 253 g/mol. The van der Waals surface area contributed by atoms with Crippen molar-refractivity contribution >= 4 is 11.6 Å². The number of carbonyl (C=O) groups is 1. The topological polar surface area (TPSA) is 29.1 Å². The summed E-state index contributed by atoms with van der Waals surface area (Å²) in [6.07, 6.45) is 0. The summed E-state index contributed by atoms with van der Waals surface area (Å²) in [4.78, 5) is 12.2. The molecule has 0 spiro atoms. The van der Waals surface area contributed by atoms with Gasteiger partial charge in [-0.05, 0) is 56.5 Å². The van der Waals surface area contributed by atoms with E-state index in [0.29, 0.717) is 11.1 Å². The number of benzene rings is 2. The molecule has 0 unspecified atom stereocenters. The first-order valence-electron chi connectivity index (χ1n) is 6.54. The van der Waals surface area contributed by atoms with Crippen LogP contribution in [0.25, 0.3) is 0 Å². The number of hydrogen-bond donors (Lipinski definition) is 1. The van der Waals surface area contributed by atoms with Crippen LogP contribution in [0.5, 0.6) is 0 Å². The molecule has 0 radical (unpaired) electrons. The highest BCUT2D eigenvalue weighted by atomic mass is 19.1. The van der Waals surface area contributed by atoms with E-state index in [1.807, 2.05) is 32.9 Å². The Morgan fingerprint density at radius 1 is 0.950 bits per heavy atom. The monoisotopic (exact) mass is 271 g/mol. The Morgan fingerprint density at radius 2 is 1.55 bits per heavy atom. The third-order valence-electron chi connectivity index (χ3n) is 3.35. The summed E-state index contributed by atoms with van der Waals surface area (Å²) in [6, 6.07) is 8.53. The van der Waals surface area contributed by atoms with Crippen molar-refractivity contribution in [2.45, 2.75) is 27.7 Å². The lowest BCUT2D eigenvalue weighted by Crippen LogP contribution is -2.14. The van der Waals surface area contributed by atoms with Gasteiger partial charge >= 0.3 is 0 Å². The second kappa shape index (κ2) is 5.45. The zero-order chi connectivity index (χ0) is 14.9. The smallest absolute Gasteiger partial charge is 0.255 e. The summed E-state index contributed by atoms with van der Waals surface area (Å²) in [7, 11) is 0. The molecule has 0 aromatic heterocycles. The van der Waals surface area contributed by atoms with Gasteiger partial charge in [0.2, 0.25) is 0 Å². The highest BCUT2D eigenvalue weighted by Crippen LogP contribution is 2.22. The Bertz CT molecular complexity index is 654. The van der Waals surface area contributed by atoms with Crippen molar-refractivity contribution in [3.63, 3.8) is 0 Å². The van der Waals surface area contributed by atoms with E-state index in [0.717, 1.165) is 22.4 Å². The first kappa shape index (κ1) is 14.3. The van der Waals surface area contributed by atoms with Crippen LogP contribution >= 0.6 is 0 Å². The lowest BCUT2D eigenvalue weighted by atomic mass is 10.0. The first-order chi connectivity index (χ1) is 9.38. The summed E-state index contributed by atoms with van der Waals surface area (Å²) in [5.41, 5.74) is 4.81. The molecule has 2 rings (SSSR count). The maximum Gasteiger partial charge on any atom is 0.255 e. The van der Waals surface area contributed by atoms with E-state index in [1.54, 1.807) is 19.1 Å². The third kappa shape index (κ3) is 2.87. The molecule has 3 heteroatoms. The molecule has 1 amide bonds. The standard InChI is InChI=1S/C17H18FNO/c1-10-7-12(3)16(13(4)8-10)19-17(20)14-6-5-11(2)15(18)9-14/h5-9H,1-4H3,(H,19,20). The quantitative estimate of drug-likeness (QED) is 0.866. The second-order valence-electron chi connectivity index (χ2n) is 5.19. The van der Waals surface area contributed by atoms with Gasteiger partial charge in [-0.3, -0.25) is 4.79 Å². The van der Waals surface area contributed by atoms with Crippen LogP contribution in [0.1, 0.15) is 32.6 Å². The van der Waals surface area contributed by atoms with Crippen molar-refractivity contribution in [1.29, 1.82) is 0 Å². The summed E-state index contributed by atoms with van der Waals surface area (Å²) < 4.78 is 13.5. The molecule has 0 bridgehead atoms. The Balaban J connectivity index is 2.30. The van der Waals surface area contributed by atoms with E-state index >= 15 is 0 Å². The molecule has 0 heterocycles. The van der Waals surface area contributed by atoms with Crippen molar-refractivity contribution < 1.29 is 9.18 Å². The zero-order valence-electron chi connectivity index (χ0n) is 12.2. The minimum Gasteiger partial charge on any atom is -0.322 e. The molecule has 1 N–H and O–H groups in total. The highest BCUT2D eigenvalue weighted by molar-refractivity contribution is 6.05. The Labute approximate surface area is 118 Å². The fraction of sp³-hybridized carbons (Fsp3) is 0.235. The molecule has 0 fully saturated rings. The number of hydrogen-bond acceptors (Lipinski definition) is 1. The number of anilines is 1. The van der Waals surface area contributed by atoms with E-state index in [-0.39, 0.29) is 11.7 Å². The van der Waals surface area contributed by atoms with E-state index < -0.39 is 0 Å². The number of carbonyl (C=O) groups excluding carboxylic acids is 1. The normalized spacial score (nSPS) is 10.4. The molecule has 0 saturated heterocycles.